The fraction of sp³-hybridized carbons (Fsp3) is 0.143. The van der Waals surface area contributed by atoms with Crippen molar-refractivity contribution in [3.63, 3.8) is 0 Å². The van der Waals surface area contributed by atoms with Crippen LogP contribution in [0.5, 0.6) is 5.75 Å². The van der Waals surface area contributed by atoms with E-state index in [9.17, 15) is 8.78 Å². The number of alkyl halides is 2. The van der Waals surface area contributed by atoms with Crippen LogP contribution in [-0.2, 0) is 6.54 Å². The molecule has 0 aromatic heterocycles. The van der Waals surface area contributed by atoms with E-state index in [4.69, 9.17) is 0 Å². The summed E-state index contributed by atoms with van der Waals surface area (Å²) in [6, 6.07) is 12.4. The van der Waals surface area contributed by atoms with Crippen LogP contribution in [0.15, 0.2) is 51.4 Å². The first-order valence-electron chi connectivity index (χ1n) is 5.77. The van der Waals surface area contributed by atoms with Gasteiger partial charge in [-0.2, -0.15) is 8.78 Å². The summed E-state index contributed by atoms with van der Waals surface area (Å²) in [7, 11) is 0. The number of benzene rings is 2. The summed E-state index contributed by atoms with van der Waals surface area (Å²) in [4.78, 5) is 0. The van der Waals surface area contributed by atoms with Crippen molar-refractivity contribution in [2.24, 2.45) is 0 Å². The van der Waals surface area contributed by atoms with Crippen LogP contribution >= 0.6 is 31.9 Å². The normalized spacial score (nSPS) is 10.7. The average Bonchev–Trinajstić information content (AvgIpc) is 2.41. The summed E-state index contributed by atoms with van der Waals surface area (Å²) < 4.78 is 30.3. The quantitative estimate of drug-likeness (QED) is 0.715. The van der Waals surface area contributed by atoms with Gasteiger partial charge in [-0.3, -0.25) is 0 Å². The highest BCUT2D eigenvalue weighted by Gasteiger charge is 2.04. The lowest BCUT2D eigenvalue weighted by molar-refractivity contribution is -0.0498. The zero-order chi connectivity index (χ0) is 14.5. The molecule has 0 unspecified atom stereocenters. The summed E-state index contributed by atoms with van der Waals surface area (Å²) in [5, 5.41) is 3.21. The third-order valence-electron chi connectivity index (χ3n) is 2.56. The molecule has 0 atom stereocenters. The molecular formula is C14H11Br2F2NO. The Morgan fingerprint density at radius 3 is 2.30 bits per heavy atom. The third kappa shape index (κ3) is 4.45. The van der Waals surface area contributed by atoms with Crippen molar-refractivity contribution in [3.8, 4) is 5.75 Å². The second kappa shape index (κ2) is 7.04. The number of anilines is 1. The first-order valence-corrected chi connectivity index (χ1v) is 7.36. The molecule has 0 radical (unpaired) electrons. The van der Waals surface area contributed by atoms with Gasteiger partial charge in [0.1, 0.15) is 5.75 Å². The Balaban J connectivity index is 1.95. The van der Waals surface area contributed by atoms with Gasteiger partial charge in [-0.05, 0) is 73.8 Å². The lowest BCUT2D eigenvalue weighted by atomic mass is 10.2. The van der Waals surface area contributed by atoms with Crippen LogP contribution in [-0.4, -0.2) is 6.61 Å². The second-order valence-corrected chi connectivity index (χ2v) is 5.71. The van der Waals surface area contributed by atoms with E-state index in [1.807, 2.05) is 18.2 Å². The maximum atomic E-state index is 12.0. The minimum atomic E-state index is -2.80. The van der Waals surface area contributed by atoms with Gasteiger partial charge in [-0.15, -0.1) is 0 Å². The fourth-order valence-corrected chi connectivity index (χ4v) is 2.28. The van der Waals surface area contributed by atoms with E-state index in [1.165, 1.54) is 12.1 Å². The predicted octanol–water partition coefficient (Wildman–Crippen LogP) is 5.43. The molecule has 0 aliphatic heterocycles. The molecule has 0 aliphatic rings. The number of hydrogen-bond donors (Lipinski definition) is 1. The molecule has 0 amide bonds. The topological polar surface area (TPSA) is 21.3 Å². The van der Waals surface area contributed by atoms with Crippen LogP contribution in [0.2, 0.25) is 0 Å². The second-order valence-electron chi connectivity index (χ2n) is 4.00. The molecule has 2 rings (SSSR count). The van der Waals surface area contributed by atoms with Crippen molar-refractivity contribution < 1.29 is 13.5 Å². The van der Waals surface area contributed by atoms with E-state index in [2.05, 4.69) is 41.9 Å². The van der Waals surface area contributed by atoms with Crippen LogP contribution in [0.1, 0.15) is 5.56 Å². The lowest BCUT2D eigenvalue weighted by Crippen LogP contribution is -2.02. The van der Waals surface area contributed by atoms with Crippen molar-refractivity contribution >= 4 is 37.5 Å². The van der Waals surface area contributed by atoms with Gasteiger partial charge in [0.05, 0.1) is 0 Å². The summed E-state index contributed by atoms with van der Waals surface area (Å²) >= 11 is 6.85. The van der Waals surface area contributed by atoms with Gasteiger partial charge in [0, 0.05) is 21.2 Å². The highest BCUT2D eigenvalue weighted by Crippen LogP contribution is 2.24. The fourth-order valence-electron chi connectivity index (χ4n) is 1.61. The van der Waals surface area contributed by atoms with Crippen molar-refractivity contribution in [2.75, 3.05) is 5.32 Å². The zero-order valence-electron chi connectivity index (χ0n) is 10.2. The van der Waals surface area contributed by atoms with Gasteiger partial charge >= 0.3 is 6.61 Å². The average molecular weight is 407 g/mol. The standard InChI is InChI=1S/C14H11Br2F2NO/c15-12-6-1-9(7-13(12)16)8-19-10-2-4-11(5-3-10)20-14(17)18/h1-7,14,19H,8H2. The Morgan fingerprint density at radius 2 is 1.70 bits per heavy atom. The van der Waals surface area contributed by atoms with E-state index in [0.717, 1.165) is 20.2 Å². The molecule has 0 spiro atoms. The number of halogens is 4. The molecule has 2 aromatic rings. The molecule has 106 valence electrons. The van der Waals surface area contributed by atoms with E-state index < -0.39 is 6.61 Å². The smallest absolute Gasteiger partial charge is 0.387 e. The van der Waals surface area contributed by atoms with Gasteiger partial charge in [0.25, 0.3) is 0 Å². The SMILES string of the molecule is FC(F)Oc1ccc(NCc2ccc(Br)c(Br)c2)cc1. The highest BCUT2D eigenvalue weighted by atomic mass is 79.9. The number of ether oxygens (including phenoxy) is 1. The summed E-state index contributed by atoms with van der Waals surface area (Å²) in [5.41, 5.74) is 1.94. The van der Waals surface area contributed by atoms with Gasteiger partial charge in [-0.1, -0.05) is 6.07 Å². The Hall–Kier alpha value is -1.14. The molecule has 0 saturated heterocycles. The zero-order valence-corrected chi connectivity index (χ0v) is 13.4. The van der Waals surface area contributed by atoms with Crippen LogP contribution in [0, 0.1) is 0 Å². The molecule has 6 heteroatoms. The van der Waals surface area contributed by atoms with E-state index in [0.29, 0.717) is 6.54 Å². The van der Waals surface area contributed by atoms with E-state index in [-0.39, 0.29) is 5.75 Å². The Bertz CT molecular complexity index is 576. The molecule has 0 aliphatic carbocycles. The maximum absolute atomic E-state index is 12.0. The first-order chi connectivity index (χ1) is 9.54. The van der Waals surface area contributed by atoms with Crippen LogP contribution < -0.4 is 10.1 Å². The minimum Gasteiger partial charge on any atom is -0.435 e. The van der Waals surface area contributed by atoms with Crippen molar-refractivity contribution in [2.45, 2.75) is 13.2 Å². The molecule has 0 fully saturated rings. The minimum absolute atomic E-state index is 0.150. The van der Waals surface area contributed by atoms with Crippen LogP contribution in [0.25, 0.3) is 0 Å². The number of rotatable bonds is 5. The highest BCUT2D eigenvalue weighted by molar-refractivity contribution is 9.13. The van der Waals surface area contributed by atoms with Gasteiger partial charge in [0.2, 0.25) is 0 Å². The molecule has 2 aromatic carbocycles. The molecule has 2 nitrogen and oxygen atoms in total. The molecule has 20 heavy (non-hydrogen) atoms. The number of hydrogen-bond acceptors (Lipinski definition) is 2. The predicted molar refractivity (Wildman–Crippen MR) is 82.2 cm³/mol. The van der Waals surface area contributed by atoms with E-state index >= 15 is 0 Å². The Labute approximate surface area is 132 Å². The van der Waals surface area contributed by atoms with Crippen molar-refractivity contribution in [1.82, 2.24) is 0 Å². The largest absolute Gasteiger partial charge is 0.435 e. The maximum Gasteiger partial charge on any atom is 0.387 e. The molecule has 0 heterocycles. The monoisotopic (exact) mass is 405 g/mol. The van der Waals surface area contributed by atoms with Gasteiger partial charge in [-0.25, -0.2) is 0 Å². The Morgan fingerprint density at radius 1 is 1.00 bits per heavy atom. The van der Waals surface area contributed by atoms with Crippen molar-refractivity contribution in [3.05, 3.63) is 57.0 Å². The molecule has 0 bridgehead atoms. The summed E-state index contributed by atoms with van der Waals surface area (Å²) in [6.07, 6.45) is 0. The van der Waals surface area contributed by atoms with Gasteiger partial charge in [0.15, 0.2) is 0 Å². The molecule has 0 saturated carbocycles. The van der Waals surface area contributed by atoms with E-state index in [1.54, 1.807) is 12.1 Å². The summed E-state index contributed by atoms with van der Waals surface area (Å²) in [5.74, 6) is 0.150. The van der Waals surface area contributed by atoms with Crippen molar-refractivity contribution in [1.29, 1.82) is 0 Å². The van der Waals surface area contributed by atoms with Gasteiger partial charge < -0.3 is 10.1 Å². The molecule has 1 N–H and O–H groups in total. The Kier molecular flexibility index (Phi) is 5.37. The third-order valence-corrected chi connectivity index (χ3v) is 4.44. The molecular weight excluding hydrogens is 396 g/mol. The summed E-state index contributed by atoms with van der Waals surface area (Å²) in [6.45, 7) is -2.16. The number of nitrogens with one attached hydrogen (secondary N) is 1. The first kappa shape index (κ1) is 15.3. The lowest BCUT2D eigenvalue weighted by Gasteiger charge is -2.09. The van der Waals surface area contributed by atoms with Crippen LogP contribution in [0.3, 0.4) is 0 Å². The van der Waals surface area contributed by atoms with Crippen LogP contribution in [0.4, 0.5) is 14.5 Å².